The molecule has 8 nitrogen and oxygen atoms in total. The summed E-state index contributed by atoms with van der Waals surface area (Å²) in [5, 5.41) is 3.26. The molecule has 1 aromatic rings. The van der Waals surface area contributed by atoms with Gasteiger partial charge in [-0.15, -0.1) is 24.0 Å². The predicted octanol–water partition coefficient (Wildman–Crippen LogP) is 2.90. The van der Waals surface area contributed by atoms with E-state index in [1.54, 1.807) is 26.1 Å². The Bertz CT molecular complexity index is 730. The minimum atomic E-state index is 0. The van der Waals surface area contributed by atoms with Gasteiger partial charge in [0.2, 0.25) is 5.91 Å². The average molecular weight is 575 g/mol. The zero-order valence-electron chi connectivity index (χ0n) is 20.1. The van der Waals surface area contributed by atoms with Crippen molar-refractivity contribution in [3.8, 4) is 5.75 Å². The highest BCUT2D eigenvalue weighted by atomic mass is 127. The molecule has 0 saturated carbocycles. The second-order valence-corrected chi connectivity index (χ2v) is 8.64. The van der Waals surface area contributed by atoms with Gasteiger partial charge in [0.05, 0.1) is 39.0 Å². The lowest BCUT2D eigenvalue weighted by Crippen LogP contribution is -2.49. The van der Waals surface area contributed by atoms with Gasteiger partial charge in [-0.3, -0.25) is 4.79 Å². The number of carbonyl (C=O) groups is 1. The number of rotatable bonds is 8. The molecule has 1 unspecified atom stereocenters. The first kappa shape index (κ1) is 27.7. The number of likely N-dealkylation sites (tertiary alicyclic amines) is 1. The third kappa shape index (κ3) is 9.29. The molecule has 2 aliphatic heterocycles. The zero-order chi connectivity index (χ0) is 22.8. The van der Waals surface area contributed by atoms with Gasteiger partial charge in [-0.05, 0) is 49.8 Å². The highest BCUT2D eigenvalue weighted by Gasteiger charge is 2.24. The number of hydrogen-bond donors (Lipinski definition) is 1. The van der Waals surface area contributed by atoms with E-state index in [4.69, 9.17) is 19.2 Å². The number of amides is 1. The molecule has 9 heteroatoms. The van der Waals surface area contributed by atoms with Gasteiger partial charge < -0.3 is 29.3 Å². The van der Waals surface area contributed by atoms with Crippen LogP contribution >= 0.6 is 24.0 Å². The molecule has 0 radical (unpaired) electrons. The van der Waals surface area contributed by atoms with Gasteiger partial charge in [0.25, 0.3) is 0 Å². The molecule has 33 heavy (non-hydrogen) atoms. The minimum Gasteiger partial charge on any atom is -0.497 e. The number of guanidine groups is 1. The van der Waals surface area contributed by atoms with E-state index in [0.29, 0.717) is 13.2 Å². The van der Waals surface area contributed by atoms with E-state index in [0.717, 1.165) is 62.7 Å². The van der Waals surface area contributed by atoms with Crippen LogP contribution in [0.1, 0.15) is 37.7 Å². The summed E-state index contributed by atoms with van der Waals surface area (Å²) in [4.78, 5) is 20.7. The first-order valence-corrected chi connectivity index (χ1v) is 11.6. The number of methoxy groups -OCH3 is 1. The highest BCUT2D eigenvalue weighted by molar-refractivity contribution is 14.0. The van der Waals surface area contributed by atoms with E-state index in [1.165, 1.54) is 6.42 Å². The SMILES string of the molecule is COc1ccc(CN=C(NCC(=O)N(C)C)N2CCC(OCC3CCCCO3)CC2)cc1.I. The Morgan fingerprint density at radius 2 is 1.91 bits per heavy atom. The Morgan fingerprint density at radius 1 is 1.18 bits per heavy atom. The van der Waals surface area contributed by atoms with Crippen molar-refractivity contribution < 1.29 is 19.0 Å². The van der Waals surface area contributed by atoms with Gasteiger partial charge in [0, 0.05) is 33.8 Å². The van der Waals surface area contributed by atoms with Gasteiger partial charge in [0.15, 0.2) is 5.96 Å². The zero-order valence-corrected chi connectivity index (χ0v) is 22.5. The van der Waals surface area contributed by atoms with Crippen LogP contribution in [0.25, 0.3) is 0 Å². The third-order valence-electron chi connectivity index (χ3n) is 6.00. The summed E-state index contributed by atoms with van der Waals surface area (Å²) in [5.41, 5.74) is 1.09. The number of benzene rings is 1. The molecule has 0 aromatic heterocycles. The first-order chi connectivity index (χ1) is 15.5. The molecule has 1 amide bonds. The molecule has 1 N–H and O–H groups in total. The molecule has 2 fully saturated rings. The van der Waals surface area contributed by atoms with E-state index in [9.17, 15) is 4.79 Å². The van der Waals surface area contributed by atoms with Crippen LogP contribution in [-0.2, 0) is 20.8 Å². The van der Waals surface area contributed by atoms with Gasteiger partial charge in [-0.2, -0.15) is 0 Å². The van der Waals surface area contributed by atoms with E-state index in [-0.39, 0.29) is 48.6 Å². The number of carbonyl (C=O) groups excluding carboxylic acids is 1. The summed E-state index contributed by atoms with van der Waals surface area (Å²) in [6.45, 7) is 4.01. The fraction of sp³-hybridized carbons (Fsp3) is 0.667. The largest absolute Gasteiger partial charge is 0.497 e. The molecule has 186 valence electrons. The molecular weight excluding hydrogens is 535 g/mol. The molecule has 1 atom stereocenters. The maximum atomic E-state index is 12.1. The molecule has 0 aliphatic carbocycles. The summed E-state index contributed by atoms with van der Waals surface area (Å²) >= 11 is 0. The second-order valence-electron chi connectivity index (χ2n) is 8.64. The lowest BCUT2D eigenvalue weighted by atomic mass is 10.1. The monoisotopic (exact) mass is 574 g/mol. The fourth-order valence-electron chi connectivity index (χ4n) is 3.89. The molecule has 2 heterocycles. The van der Waals surface area contributed by atoms with Gasteiger partial charge in [0.1, 0.15) is 5.75 Å². The van der Waals surface area contributed by atoms with E-state index < -0.39 is 0 Å². The van der Waals surface area contributed by atoms with Crippen LogP contribution < -0.4 is 10.1 Å². The van der Waals surface area contributed by atoms with Crippen LogP contribution in [0.15, 0.2) is 29.3 Å². The Balaban J connectivity index is 0.00000385. The van der Waals surface area contributed by atoms with E-state index in [2.05, 4.69) is 10.2 Å². The number of aliphatic imine (C=N–C) groups is 1. The second kappa shape index (κ2) is 14.6. The van der Waals surface area contributed by atoms with Crippen molar-refractivity contribution in [2.45, 2.75) is 50.9 Å². The number of nitrogens with zero attached hydrogens (tertiary/aromatic N) is 3. The number of hydrogen-bond acceptors (Lipinski definition) is 5. The molecule has 1 aromatic carbocycles. The molecule has 2 aliphatic rings. The number of nitrogens with one attached hydrogen (secondary N) is 1. The number of halogens is 1. The van der Waals surface area contributed by atoms with E-state index in [1.807, 2.05) is 24.3 Å². The minimum absolute atomic E-state index is 0. The summed E-state index contributed by atoms with van der Waals surface area (Å²) in [6.07, 6.45) is 5.89. The molecule has 0 bridgehead atoms. The van der Waals surface area contributed by atoms with Gasteiger partial charge in [-0.25, -0.2) is 4.99 Å². The molecular formula is C24H39IN4O4. The summed E-state index contributed by atoms with van der Waals surface area (Å²) in [7, 11) is 5.18. The van der Waals surface area contributed by atoms with Gasteiger partial charge >= 0.3 is 0 Å². The Hall–Kier alpha value is -1.59. The van der Waals surface area contributed by atoms with Crippen LogP contribution in [-0.4, -0.2) is 87.9 Å². The Kier molecular flexibility index (Phi) is 12.3. The van der Waals surface area contributed by atoms with Crippen molar-refractivity contribution in [2.24, 2.45) is 4.99 Å². The lowest BCUT2D eigenvalue weighted by molar-refractivity contribution is -0.127. The van der Waals surface area contributed by atoms with Crippen molar-refractivity contribution in [3.63, 3.8) is 0 Å². The lowest BCUT2D eigenvalue weighted by Gasteiger charge is -2.35. The number of ether oxygens (including phenoxy) is 3. The number of piperidine rings is 1. The fourth-order valence-corrected chi connectivity index (χ4v) is 3.89. The molecule has 2 saturated heterocycles. The average Bonchev–Trinajstić information content (AvgIpc) is 2.84. The van der Waals surface area contributed by atoms with Crippen molar-refractivity contribution in [1.29, 1.82) is 0 Å². The van der Waals surface area contributed by atoms with Crippen LogP contribution in [0.4, 0.5) is 0 Å². The standard InChI is InChI=1S/C24H38N4O4.HI/c1-27(2)23(29)17-26-24(25-16-19-7-9-20(30-3)10-8-19)28-13-11-21(12-14-28)32-18-22-6-4-5-15-31-22;/h7-10,21-22H,4-6,11-18H2,1-3H3,(H,25,26);1H. The van der Waals surface area contributed by atoms with Crippen LogP contribution in [0.2, 0.25) is 0 Å². The summed E-state index contributed by atoms with van der Waals surface area (Å²) in [5.74, 6) is 1.62. The summed E-state index contributed by atoms with van der Waals surface area (Å²) < 4.78 is 17.2. The topological polar surface area (TPSA) is 75.6 Å². The van der Waals surface area contributed by atoms with Crippen molar-refractivity contribution in [1.82, 2.24) is 15.1 Å². The summed E-state index contributed by atoms with van der Waals surface area (Å²) in [6, 6.07) is 7.90. The normalized spacial score (nSPS) is 19.5. The van der Waals surface area contributed by atoms with Gasteiger partial charge in [-0.1, -0.05) is 12.1 Å². The first-order valence-electron chi connectivity index (χ1n) is 11.6. The van der Waals surface area contributed by atoms with E-state index >= 15 is 0 Å². The third-order valence-corrected chi connectivity index (χ3v) is 6.00. The van der Waals surface area contributed by atoms with Crippen LogP contribution in [0.3, 0.4) is 0 Å². The highest BCUT2D eigenvalue weighted by Crippen LogP contribution is 2.18. The van der Waals surface area contributed by atoms with Crippen LogP contribution in [0, 0.1) is 0 Å². The van der Waals surface area contributed by atoms with Crippen molar-refractivity contribution in [2.75, 3.05) is 54.1 Å². The predicted molar refractivity (Wildman–Crippen MR) is 140 cm³/mol. The van der Waals surface area contributed by atoms with Crippen molar-refractivity contribution in [3.05, 3.63) is 29.8 Å². The Morgan fingerprint density at radius 3 is 2.52 bits per heavy atom. The van der Waals surface area contributed by atoms with Crippen LogP contribution in [0.5, 0.6) is 5.75 Å². The Labute approximate surface area is 215 Å². The molecule has 0 spiro atoms. The van der Waals surface area contributed by atoms with Crippen molar-refractivity contribution >= 4 is 35.8 Å². The smallest absolute Gasteiger partial charge is 0.241 e. The number of likely N-dealkylation sites (N-methyl/N-ethyl adjacent to an activating group) is 1. The maximum absolute atomic E-state index is 12.1. The quantitative estimate of drug-likeness (QED) is 0.293. The molecule has 3 rings (SSSR count). The maximum Gasteiger partial charge on any atom is 0.241 e.